The van der Waals surface area contributed by atoms with Crippen LogP contribution in [0.3, 0.4) is 0 Å². The van der Waals surface area contributed by atoms with Crippen LogP contribution < -0.4 is 5.48 Å². The van der Waals surface area contributed by atoms with Crippen molar-refractivity contribution in [1.29, 1.82) is 0 Å². The first-order valence-corrected chi connectivity index (χ1v) is 14.6. The van der Waals surface area contributed by atoms with E-state index < -0.39 is 22.0 Å². The average molecular weight is 532 g/mol. The van der Waals surface area contributed by atoms with Crippen LogP contribution >= 0.6 is 0 Å². The lowest BCUT2D eigenvalue weighted by Crippen LogP contribution is -2.47. The number of hydrogen-bond acceptors (Lipinski definition) is 4. The van der Waals surface area contributed by atoms with Gasteiger partial charge in [-0.1, -0.05) is 80.4 Å². The summed E-state index contributed by atoms with van der Waals surface area (Å²) in [7, 11) is -4.03. The predicted octanol–water partition coefficient (Wildman–Crippen LogP) is 5.22. The molecule has 1 aliphatic rings. The molecule has 5 rings (SSSR count). The van der Waals surface area contributed by atoms with Gasteiger partial charge in [0.2, 0.25) is 10.0 Å². The summed E-state index contributed by atoms with van der Waals surface area (Å²) in [5.74, 6) is -0.775. The van der Waals surface area contributed by atoms with E-state index in [1.54, 1.807) is 17.6 Å². The highest BCUT2D eigenvalue weighted by atomic mass is 32.2. The van der Waals surface area contributed by atoms with Gasteiger partial charge < -0.3 is 4.57 Å². The highest BCUT2D eigenvalue weighted by Crippen LogP contribution is 2.40. The van der Waals surface area contributed by atoms with E-state index >= 15 is 0 Å². The fourth-order valence-electron chi connectivity index (χ4n) is 5.51. The van der Waals surface area contributed by atoms with Gasteiger partial charge in [-0.05, 0) is 54.2 Å². The smallest absolute Gasteiger partial charge is 0.267 e. The number of amides is 1. The predicted molar refractivity (Wildman–Crippen MR) is 147 cm³/mol. The number of aryl methyl sites for hydroxylation is 1. The third kappa shape index (κ3) is 4.87. The molecule has 2 heterocycles. The molecule has 0 saturated heterocycles. The van der Waals surface area contributed by atoms with Gasteiger partial charge in [-0.15, -0.1) is 0 Å². The second-order valence-electron chi connectivity index (χ2n) is 9.80. The summed E-state index contributed by atoms with van der Waals surface area (Å²) >= 11 is 0. The van der Waals surface area contributed by atoms with E-state index in [9.17, 15) is 18.4 Å². The topological polar surface area (TPSA) is 91.6 Å². The van der Waals surface area contributed by atoms with Gasteiger partial charge in [-0.25, -0.2) is 13.9 Å². The van der Waals surface area contributed by atoms with Crippen molar-refractivity contribution >= 4 is 26.8 Å². The lowest BCUT2D eigenvalue weighted by Gasteiger charge is -2.34. The minimum atomic E-state index is -4.03. The number of nitrogens with zero attached hydrogens (tertiary/aromatic N) is 2. The lowest BCUT2D eigenvalue weighted by atomic mass is 9.98. The van der Waals surface area contributed by atoms with Crippen molar-refractivity contribution in [1.82, 2.24) is 14.4 Å². The molecule has 0 bridgehead atoms. The number of fused-ring (bicyclic) bond motifs is 3. The Balaban J connectivity index is 1.59. The van der Waals surface area contributed by atoms with Gasteiger partial charge in [0, 0.05) is 24.0 Å². The van der Waals surface area contributed by atoms with Gasteiger partial charge in [-0.2, -0.15) is 4.31 Å². The summed E-state index contributed by atoms with van der Waals surface area (Å²) in [6.45, 7) is 2.75. The fraction of sp³-hybridized carbons (Fsp3) is 0.300. The number of aromatic nitrogens is 1. The molecule has 38 heavy (non-hydrogen) atoms. The number of hydroxylamine groups is 1. The summed E-state index contributed by atoms with van der Waals surface area (Å²) in [4.78, 5) is 13.4. The molecule has 198 valence electrons. The number of carbonyl (C=O) groups is 1. The number of hydrogen-bond donors (Lipinski definition) is 2. The van der Waals surface area contributed by atoms with E-state index in [1.807, 2.05) is 71.3 Å². The fourth-order valence-corrected chi connectivity index (χ4v) is 7.07. The Morgan fingerprint density at radius 1 is 0.947 bits per heavy atom. The maximum atomic E-state index is 13.9. The summed E-state index contributed by atoms with van der Waals surface area (Å²) in [5.41, 5.74) is 6.31. The van der Waals surface area contributed by atoms with Crippen molar-refractivity contribution in [2.75, 3.05) is 6.54 Å². The van der Waals surface area contributed by atoms with E-state index in [-0.39, 0.29) is 11.4 Å². The van der Waals surface area contributed by atoms with Crippen LogP contribution in [0.15, 0.2) is 83.8 Å². The summed E-state index contributed by atoms with van der Waals surface area (Å²) < 4.78 is 31.1. The second-order valence-corrected chi connectivity index (χ2v) is 11.7. The van der Waals surface area contributed by atoms with Crippen LogP contribution in [-0.2, 0) is 34.2 Å². The third-order valence-electron chi connectivity index (χ3n) is 7.39. The molecule has 0 unspecified atom stereocenters. The Labute approximate surface area is 223 Å². The molecule has 0 spiro atoms. The molecule has 0 aliphatic carbocycles. The Bertz CT molecular complexity index is 1530. The summed E-state index contributed by atoms with van der Waals surface area (Å²) in [6.07, 6.45) is 4.67. The van der Waals surface area contributed by atoms with Crippen LogP contribution in [0.1, 0.15) is 54.6 Å². The Morgan fingerprint density at radius 2 is 1.66 bits per heavy atom. The van der Waals surface area contributed by atoms with Gasteiger partial charge in [0.05, 0.1) is 10.6 Å². The van der Waals surface area contributed by atoms with Crippen LogP contribution in [0.5, 0.6) is 0 Å². The zero-order chi connectivity index (χ0) is 26.7. The monoisotopic (exact) mass is 531 g/mol. The largest absolute Gasteiger partial charge is 0.338 e. The van der Waals surface area contributed by atoms with Crippen molar-refractivity contribution in [3.05, 3.63) is 101 Å². The van der Waals surface area contributed by atoms with Crippen molar-refractivity contribution in [3.63, 3.8) is 0 Å². The third-order valence-corrected chi connectivity index (χ3v) is 9.27. The van der Waals surface area contributed by atoms with Crippen molar-refractivity contribution < 1.29 is 18.4 Å². The van der Waals surface area contributed by atoms with Crippen LogP contribution in [0.25, 0.3) is 10.9 Å². The number of rotatable bonds is 9. The average Bonchev–Trinajstić information content (AvgIpc) is 3.26. The molecule has 0 radical (unpaired) electrons. The van der Waals surface area contributed by atoms with Crippen LogP contribution in [0, 0.1) is 0 Å². The number of nitrogens with one attached hydrogen (secondary N) is 1. The first-order valence-electron chi connectivity index (χ1n) is 13.1. The highest BCUT2D eigenvalue weighted by molar-refractivity contribution is 7.89. The minimum Gasteiger partial charge on any atom is -0.338 e. The molecule has 1 atom stereocenters. The van der Waals surface area contributed by atoms with Gasteiger partial charge in [0.15, 0.2) is 0 Å². The highest BCUT2D eigenvalue weighted by Gasteiger charge is 2.43. The van der Waals surface area contributed by atoms with E-state index in [1.165, 1.54) is 4.31 Å². The van der Waals surface area contributed by atoms with Crippen molar-refractivity contribution in [3.8, 4) is 0 Å². The zero-order valence-electron chi connectivity index (χ0n) is 21.5. The van der Waals surface area contributed by atoms with Gasteiger partial charge in [-0.3, -0.25) is 10.0 Å². The van der Waals surface area contributed by atoms with Crippen LogP contribution in [0.2, 0.25) is 0 Å². The van der Waals surface area contributed by atoms with Gasteiger partial charge >= 0.3 is 0 Å². The lowest BCUT2D eigenvalue weighted by molar-refractivity contribution is -0.133. The standard InChI is InChI=1S/C30H33N3O4S/c1-2-3-5-10-22-15-17-24(18-16-22)38(36,37)33-20-19-26-25-13-8-9-14-27(25)32(21-23-11-6-4-7-12-23)28(26)29(33)30(34)31-35/h4,6-9,11-18,29,35H,2-3,5,10,19-21H2,1H3,(H,31,34)/t29-/m1/s1. The van der Waals surface area contributed by atoms with Crippen LogP contribution in [-0.4, -0.2) is 34.9 Å². The van der Waals surface area contributed by atoms with E-state index in [2.05, 4.69) is 6.92 Å². The first kappa shape index (κ1) is 26.2. The van der Waals surface area contributed by atoms with Gasteiger partial charge in [0.1, 0.15) is 6.04 Å². The van der Waals surface area contributed by atoms with Crippen molar-refractivity contribution in [2.45, 2.75) is 56.5 Å². The molecule has 0 fully saturated rings. The Hall–Kier alpha value is -3.46. The second kappa shape index (κ2) is 11.1. The first-order chi connectivity index (χ1) is 18.5. The maximum absolute atomic E-state index is 13.9. The molecule has 1 aromatic heterocycles. The zero-order valence-corrected chi connectivity index (χ0v) is 22.3. The maximum Gasteiger partial charge on any atom is 0.267 e. The summed E-state index contributed by atoms with van der Waals surface area (Å²) in [5, 5.41) is 10.7. The number of unbranched alkanes of at least 4 members (excludes halogenated alkanes) is 2. The van der Waals surface area contributed by atoms with Gasteiger partial charge in [0.25, 0.3) is 5.91 Å². The molecule has 0 saturated carbocycles. The summed E-state index contributed by atoms with van der Waals surface area (Å²) in [6, 6.07) is 23.5. The number of para-hydroxylation sites is 1. The van der Waals surface area contributed by atoms with E-state index in [0.717, 1.165) is 53.3 Å². The number of carbonyl (C=O) groups excluding carboxylic acids is 1. The SMILES string of the molecule is CCCCCc1ccc(S(=O)(=O)N2CCc3c(n(Cc4ccccc4)c4ccccc34)[C@@H]2C(=O)NO)cc1. The Morgan fingerprint density at radius 3 is 2.37 bits per heavy atom. The van der Waals surface area contributed by atoms with E-state index in [4.69, 9.17) is 0 Å². The molecule has 2 N–H and O–H groups in total. The quantitative estimate of drug-likeness (QED) is 0.176. The van der Waals surface area contributed by atoms with Crippen molar-refractivity contribution in [2.24, 2.45) is 0 Å². The minimum absolute atomic E-state index is 0.130. The van der Waals surface area contributed by atoms with E-state index in [0.29, 0.717) is 18.7 Å². The molecular weight excluding hydrogens is 498 g/mol. The Kier molecular flexibility index (Phi) is 7.65. The molecule has 1 aliphatic heterocycles. The number of benzene rings is 3. The molecule has 7 nitrogen and oxygen atoms in total. The number of sulfonamides is 1. The molecule has 1 amide bonds. The normalized spacial score (nSPS) is 15.9. The molecule has 8 heteroatoms. The van der Waals surface area contributed by atoms with Crippen LogP contribution in [0.4, 0.5) is 0 Å². The molecular formula is C30H33N3O4S. The molecule has 4 aromatic rings. The molecule has 3 aromatic carbocycles.